The van der Waals surface area contributed by atoms with Gasteiger partial charge in [0.1, 0.15) is 23.1 Å². The largest absolute Gasteiger partial charge is 0.481 e. The molecular formula is C31H29N7O4. The van der Waals surface area contributed by atoms with E-state index < -0.39 is 5.60 Å². The molecule has 7 rings (SSSR count). The first kappa shape index (κ1) is 27.1. The minimum atomic E-state index is -1.13. The molecule has 4 aromatic rings. The Balaban J connectivity index is 1.18. The number of nitriles is 1. The van der Waals surface area contributed by atoms with E-state index in [2.05, 4.69) is 32.9 Å². The Morgan fingerprint density at radius 3 is 2.60 bits per heavy atom. The minimum absolute atomic E-state index is 0.00796. The van der Waals surface area contributed by atoms with E-state index in [4.69, 9.17) is 14.5 Å². The maximum atomic E-state index is 13.1. The van der Waals surface area contributed by atoms with Crippen LogP contribution in [0, 0.1) is 23.2 Å². The number of nitrogens with zero attached hydrogens (tertiary/aromatic N) is 7. The van der Waals surface area contributed by atoms with E-state index >= 15 is 0 Å². The third kappa shape index (κ3) is 5.06. The Kier molecular flexibility index (Phi) is 6.89. The fraction of sp³-hybridized carbons (Fsp3) is 0.323. The number of aromatic nitrogens is 4. The van der Waals surface area contributed by atoms with Crippen LogP contribution in [-0.2, 0) is 0 Å². The molecule has 2 atom stereocenters. The molecule has 4 aromatic heterocycles. The van der Waals surface area contributed by atoms with Crippen molar-refractivity contribution in [3.05, 3.63) is 66.1 Å². The second kappa shape index (κ2) is 10.7. The van der Waals surface area contributed by atoms with Gasteiger partial charge >= 0.3 is 0 Å². The number of rotatable bonds is 6. The highest BCUT2D eigenvalue weighted by Crippen LogP contribution is 2.36. The highest BCUT2D eigenvalue weighted by Gasteiger charge is 2.47. The molecule has 1 amide bonds. The first-order chi connectivity index (χ1) is 20.3. The van der Waals surface area contributed by atoms with Crippen molar-refractivity contribution in [2.75, 3.05) is 31.7 Å². The van der Waals surface area contributed by atoms with E-state index in [9.17, 15) is 15.2 Å². The number of hydrogen-bond acceptors (Lipinski definition) is 9. The van der Waals surface area contributed by atoms with Crippen LogP contribution < -0.4 is 14.4 Å². The lowest BCUT2D eigenvalue weighted by Crippen LogP contribution is -2.70. The Labute approximate surface area is 242 Å². The fourth-order valence-corrected chi connectivity index (χ4v) is 5.51. The second-order valence-corrected chi connectivity index (χ2v) is 10.8. The van der Waals surface area contributed by atoms with Gasteiger partial charge in [0.25, 0.3) is 11.8 Å². The number of methoxy groups -OCH3 is 1. The van der Waals surface area contributed by atoms with Crippen LogP contribution in [0.15, 0.2) is 55.0 Å². The van der Waals surface area contributed by atoms with Gasteiger partial charge in [-0.05, 0) is 44.5 Å². The van der Waals surface area contributed by atoms with Gasteiger partial charge in [-0.2, -0.15) is 5.26 Å². The van der Waals surface area contributed by atoms with Crippen molar-refractivity contribution in [2.24, 2.45) is 0 Å². The van der Waals surface area contributed by atoms with Crippen LogP contribution in [0.5, 0.6) is 11.8 Å². The molecule has 0 aromatic carbocycles. The quantitative estimate of drug-likeness (QED) is 0.352. The molecule has 3 saturated heterocycles. The third-order valence-corrected chi connectivity index (χ3v) is 7.41. The molecule has 0 saturated carbocycles. The Morgan fingerprint density at radius 1 is 1.14 bits per heavy atom. The number of amides is 1. The summed E-state index contributed by atoms with van der Waals surface area (Å²) in [5, 5.41) is 24.1. The summed E-state index contributed by atoms with van der Waals surface area (Å²) >= 11 is 0. The Morgan fingerprint density at radius 2 is 1.95 bits per heavy atom. The van der Waals surface area contributed by atoms with Crippen molar-refractivity contribution >= 4 is 17.2 Å². The molecule has 1 N–H and O–H groups in total. The molecule has 3 aliphatic rings. The van der Waals surface area contributed by atoms with Crippen LogP contribution in [-0.4, -0.2) is 80.0 Å². The SMILES string of the molecule is COc1ccc(C(=O)N2C3CC2CN(c2ccc(-c4cccn5nc(OCC#CC(C)(C)O)c(C#N)c45)cn2)C3)cn1. The van der Waals surface area contributed by atoms with Gasteiger partial charge in [-0.25, -0.2) is 14.5 Å². The van der Waals surface area contributed by atoms with Gasteiger partial charge in [0.05, 0.1) is 30.3 Å². The zero-order chi connectivity index (χ0) is 29.4. The summed E-state index contributed by atoms with van der Waals surface area (Å²) in [6.45, 7) is 4.56. The highest BCUT2D eigenvalue weighted by atomic mass is 16.5. The van der Waals surface area contributed by atoms with Crippen molar-refractivity contribution < 1.29 is 19.4 Å². The molecular weight excluding hydrogens is 534 g/mol. The van der Waals surface area contributed by atoms with Gasteiger partial charge in [-0.1, -0.05) is 17.9 Å². The lowest BCUT2D eigenvalue weighted by molar-refractivity contribution is 0.00572. The summed E-state index contributed by atoms with van der Waals surface area (Å²) in [5.74, 6) is 6.92. The first-order valence-corrected chi connectivity index (χ1v) is 13.6. The normalized spacial score (nSPS) is 17.6. The van der Waals surface area contributed by atoms with Crippen LogP contribution >= 0.6 is 0 Å². The fourth-order valence-electron chi connectivity index (χ4n) is 5.51. The van der Waals surface area contributed by atoms with E-state index in [0.29, 0.717) is 35.6 Å². The zero-order valence-corrected chi connectivity index (χ0v) is 23.5. The molecule has 0 aliphatic carbocycles. The number of carbonyl (C=O) groups excluding carboxylic acids is 1. The molecule has 7 heterocycles. The van der Waals surface area contributed by atoms with Gasteiger partial charge in [-0.15, -0.1) is 5.10 Å². The lowest BCUT2D eigenvalue weighted by Gasteiger charge is -2.56. The van der Waals surface area contributed by atoms with E-state index in [1.165, 1.54) is 0 Å². The van der Waals surface area contributed by atoms with Crippen LogP contribution in [0.4, 0.5) is 5.82 Å². The summed E-state index contributed by atoms with van der Waals surface area (Å²) < 4.78 is 12.4. The molecule has 2 unspecified atom stereocenters. The molecule has 212 valence electrons. The first-order valence-electron chi connectivity index (χ1n) is 13.6. The minimum Gasteiger partial charge on any atom is -0.481 e. The number of aliphatic hydroxyl groups is 1. The predicted octanol–water partition coefficient (Wildman–Crippen LogP) is 2.93. The van der Waals surface area contributed by atoms with Crippen molar-refractivity contribution in [3.63, 3.8) is 0 Å². The molecule has 3 fully saturated rings. The number of ether oxygens (including phenoxy) is 2. The van der Waals surface area contributed by atoms with E-state index in [-0.39, 0.29) is 30.5 Å². The number of anilines is 1. The van der Waals surface area contributed by atoms with Crippen molar-refractivity contribution in [3.8, 4) is 40.8 Å². The Hall–Kier alpha value is -5.13. The topological polar surface area (TPSA) is 129 Å². The molecule has 0 spiro atoms. The van der Waals surface area contributed by atoms with Crippen molar-refractivity contribution in [1.82, 2.24) is 24.5 Å². The van der Waals surface area contributed by atoms with Gasteiger partial charge in [0.15, 0.2) is 6.61 Å². The zero-order valence-electron chi connectivity index (χ0n) is 23.5. The summed E-state index contributed by atoms with van der Waals surface area (Å²) in [7, 11) is 1.55. The second-order valence-electron chi connectivity index (χ2n) is 10.8. The average molecular weight is 564 g/mol. The number of piperazine rings is 1. The molecule has 2 bridgehead atoms. The summed E-state index contributed by atoms with van der Waals surface area (Å²) in [4.78, 5) is 26.2. The van der Waals surface area contributed by atoms with Crippen LogP contribution in [0.2, 0.25) is 0 Å². The van der Waals surface area contributed by atoms with E-state index in [1.54, 1.807) is 56.2 Å². The summed E-state index contributed by atoms with van der Waals surface area (Å²) in [6.07, 6.45) is 6.08. The molecule has 3 aliphatic heterocycles. The number of fused-ring (bicyclic) bond motifs is 3. The van der Waals surface area contributed by atoms with Crippen LogP contribution in [0.25, 0.3) is 16.6 Å². The maximum absolute atomic E-state index is 13.1. The highest BCUT2D eigenvalue weighted by molar-refractivity contribution is 5.95. The number of pyridine rings is 3. The van der Waals surface area contributed by atoms with Gasteiger partial charge < -0.3 is 24.4 Å². The Bertz CT molecular complexity index is 1730. The van der Waals surface area contributed by atoms with E-state index in [1.807, 2.05) is 29.2 Å². The van der Waals surface area contributed by atoms with Gasteiger partial charge in [-0.3, -0.25) is 4.79 Å². The molecule has 11 heteroatoms. The maximum Gasteiger partial charge on any atom is 0.256 e. The summed E-state index contributed by atoms with van der Waals surface area (Å²) in [6, 6.07) is 13.6. The number of carbonyl (C=O) groups is 1. The van der Waals surface area contributed by atoms with Crippen molar-refractivity contribution in [1.29, 1.82) is 5.26 Å². The molecule has 11 nitrogen and oxygen atoms in total. The number of piperidine rings is 1. The number of hydrogen-bond donors (Lipinski definition) is 1. The van der Waals surface area contributed by atoms with Gasteiger partial charge in [0.2, 0.25) is 5.88 Å². The predicted molar refractivity (Wildman–Crippen MR) is 154 cm³/mol. The summed E-state index contributed by atoms with van der Waals surface area (Å²) in [5.41, 5.74) is 1.97. The monoisotopic (exact) mass is 563 g/mol. The molecule has 42 heavy (non-hydrogen) atoms. The van der Waals surface area contributed by atoms with Crippen LogP contribution in [0.1, 0.15) is 36.2 Å². The van der Waals surface area contributed by atoms with Gasteiger partial charge in [0, 0.05) is 48.9 Å². The molecule has 0 radical (unpaired) electrons. The average Bonchev–Trinajstić information content (AvgIpc) is 3.36. The van der Waals surface area contributed by atoms with E-state index in [0.717, 1.165) is 23.4 Å². The van der Waals surface area contributed by atoms with Crippen molar-refractivity contribution in [2.45, 2.75) is 38.0 Å². The lowest BCUT2D eigenvalue weighted by atomic mass is 9.86. The smallest absolute Gasteiger partial charge is 0.256 e. The third-order valence-electron chi connectivity index (χ3n) is 7.41. The van der Waals surface area contributed by atoms with Crippen LogP contribution in [0.3, 0.4) is 0 Å². The standard InChI is InChI=1S/C31H29N7O4/c1-31(2,40)11-5-13-42-29-25(15-32)28-24(6-4-12-37(28)35-29)20-7-9-26(33-16-20)36-18-22-14-23(19-36)38(22)30(39)21-8-10-27(41-3)34-17-21/h4,6-10,12,16-17,22-23,40H,13-14,18-19H2,1-3H3.